The van der Waals surface area contributed by atoms with Crippen molar-refractivity contribution in [2.75, 3.05) is 13.6 Å². The molecule has 2 N–H and O–H groups in total. The predicted octanol–water partition coefficient (Wildman–Crippen LogP) is 0.0506. The number of nitrogens with one attached hydrogen (secondary N) is 2. The van der Waals surface area contributed by atoms with E-state index in [1.165, 1.54) is 0 Å². The minimum absolute atomic E-state index is 0. The van der Waals surface area contributed by atoms with Crippen molar-refractivity contribution in [3.05, 3.63) is 12.2 Å². The molecular weight excluding hydrogens is 241 g/mol. The Kier molecular flexibility index (Phi) is 8.14. The zero-order valence-corrected chi connectivity index (χ0v) is 9.83. The largest absolute Gasteiger partial charge is 0.319 e. The molecule has 0 saturated heterocycles. The molecule has 0 aliphatic carbocycles. The summed E-state index contributed by atoms with van der Waals surface area (Å²) in [6, 6.07) is 0. The van der Waals surface area contributed by atoms with E-state index in [-0.39, 0.29) is 30.4 Å². The number of nitrogens with zero attached hydrogens (tertiary/aromatic N) is 1. The molecule has 0 aromatic heterocycles. The van der Waals surface area contributed by atoms with Crippen molar-refractivity contribution in [2.45, 2.75) is 6.42 Å². The summed E-state index contributed by atoms with van der Waals surface area (Å²) in [6.07, 6.45) is 0.529. The van der Waals surface area contributed by atoms with Crippen molar-refractivity contribution in [1.82, 2.24) is 10.6 Å². The molecular formula is C8H13Cl2N3O2. The van der Waals surface area contributed by atoms with E-state index in [1.54, 1.807) is 7.05 Å². The minimum Gasteiger partial charge on any atom is -0.319 e. The molecule has 0 atom stereocenters. The Bertz CT molecular complexity index is 302. The first-order valence-corrected chi connectivity index (χ1v) is 3.92. The Hall–Kier alpha value is -0.910. The fourth-order valence-electron chi connectivity index (χ4n) is 0.883. The van der Waals surface area contributed by atoms with E-state index in [0.29, 0.717) is 18.8 Å². The van der Waals surface area contributed by atoms with E-state index < -0.39 is 11.8 Å². The van der Waals surface area contributed by atoms with Gasteiger partial charge in [-0.25, -0.2) is 0 Å². The van der Waals surface area contributed by atoms with Crippen molar-refractivity contribution in [3.63, 3.8) is 0 Å². The van der Waals surface area contributed by atoms with Crippen molar-refractivity contribution in [1.29, 1.82) is 0 Å². The molecule has 0 spiro atoms. The average Bonchev–Trinajstić information content (AvgIpc) is 2.10. The summed E-state index contributed by atoms with van der Waals surface area (Å²) < 4.78 is 0. The van der Waals surface area contributed by atoms with Crippen molar-refractivity contribution in [3.8, 4) is 0 Å². The lowest BCUT2D eigenvalue weighted by Gasteiger charge is -2.13. The zero-order chi connectivity index (χ0) is 9.84. The monoisotopic (exact) mass is 253 g/mol. The van der Waals surface area contributed by atoms with E-state index in [2.05, 4.69) is 22.2 Å². The lowest BCUT2D eigenvalue weighted by atomic mass is 10.2. The molecule has 0 aromatic carbocycles. The van der Waals surface area contributed by atoms with Crippen LogP contribution >= 0.6 is 24.8 Å². The number of carbonyl (C=O) groups is 2. The maximum absolute atomic E-state index is 11.0. The van der Waals surface area contributed by atoms with Gasteiger partial charge in [0, 0.05) is 13.0 Å². The molecule has 0 fully saturated rings. The number of hydrogen-bond acceptors (Lipinski definition) is 3. The molecule has 5 nitrogen and oxygen atoms in total. The Balaban J connectivity index is 0. The van der Waals surface area contributed by atoms with Crippen LogP contribution in [0.4, 0.5) is 0 Å². The van der Waals surface area contributed by atoms with Gasteiger partial charge >= 0.3 is 0 Å². The van der Waals surface area contributed by atoms with Gasteiger partial charge in [0.2, 0.25) is 0 Å². The topological polar surface area (TPSA) is 70.6 Å². The van der Waals surface area contributed by atoms with Crippen LogP contribution in [0, 0.1) is 0 Å². The number of amides is 2. The maximum atomic E-state index is 11.0. The van der Waals surface area contributed by atoms with Crippen LogP contribution in [-0.4, -0.2) is 31.2 Å². The van der Waals surface area contributed by atoms with E-state index in [0.717, 1.165) is 0 Å². The Morgan fingerprint density at radius 1 is 1.40 bits per heavy atom. The Labute approximate surface area is 100 Å². The molecule has 7 heteroatoms. The quantitative estimate of drug-likeness (QED) is 0.552. The second-order valence-electron chi connectivity index (χ2n) is 2.65. The van der Waals surface area contributed by atoms with E-state index in [1.807, 2.05) is 0 Å². The zero-order valence-electron chi connectivity index (χ0n) is 8.20. The van der Waals surface area contributed by atoms with Crippen LogP contribution in [-0.2, 0) is 9.59 Å². The highest BCUT2D eigenvalue weighted by Gasteiger charge is 2.22. The summed E-state index contributed by atoms with van der Waals surface area (Å²) >= 11 is 0. The highest BCUT2D eigenvalue weighted by Crippen LogP contribution is 2.01. The van der Waals surface area contributed by atoms with Gasteiger partial charge in [0.05, 0.1) is 5.57 Å². The third kappa shape index (κ3) is 4.42. The van der Waals surface area contributed by atoms with Crippen LogP contribution in [0.25, 0.3) is 0 Å². The smallest absolute Gasteiger partial charge is 0.283 e. The van der Waals surface area contributed by atoms with Crippen LogP contribution in [0.15, 0.2) is 17.1 Å². The fourth-order valence-corrected chi connectivity index (χ4v) is 0.883. The lowest BCUT2D eigenvalue weighted by molar-refractivity contribution is -0.121. The number of aliphatic imine (C=N–C) groups is 1. The highest BCUT2D eigenvalue weighted by atomic mass is 35.5. The summed E-state index contributed by atoms with van der Waals surface area (Å²) in [7, 11) is 1.78. The second-order valence-corrected chi connectivity index (χ2v) is 2.65. The summed E-state index contributed by atoms with van der Waals surface area (Å²) in [4.78, 5) is 25.7. The van der Waals surface area contributed by atoms with Gasteiger partial charge < -0.3 is 10.6 Å². The van der Waals surface area contributed by atoms with Gasteiger partial charge in [-0.2, -0.15) is 4.99 Å². The number of rotatable bonds is 3. The molecule has 15 heavy (non-hydrogen) atoms. The molecule has 0 saturated carbocycles. The van der Waals surface area contributed by atoms with E-state index in [9.17, 15) is 9.59 Å². The predicted molar refractivity (Wildman–Crippen MR) is 62.8 cm³/mol. The van der Waals surface area contributed by atoms with Gasteiger partial charge in [-0.3, -0.25) is 9.59 Å². The van der Waals surface area contributed by atoms with E-state index in [4.69, 9.17) is 0 Å². The third-order valence-electron chi connectivity index (χ3n) is 1.64. The molecule has 1 aliphatic rings. The minimum atomic E-state index is -0.546. The van der Waals surface area contributed by atoms with Crippen molar-refractivity contribution in [2.24, 2.45) is 4.99 Å². The van der Waals surface area contributed by atoms with Crippen molar-refractivity contribution >= 4 is 42.5 Å². The first-order chi connectivity index (χ1) is 6.15. The molecule has 0 unspecified atom stereocenters. The molecule has 2 amide bonds. The van der Waals surface area contributed by atoms with Gasteiger partial charge in [-0.05, 0) is 7.05 Å². The van der Waals surface area contributed by atoms with E-state index >= 15 is 0 Å². The first kappa shape index (κ1) is 16.5. The van der Waals surface area contributed by atoms with Gasteiger partial charge in [0.25, 0.3) is 11.8 Å². The average molecular weight is 254 g/mol. The Morgan fingerprint density at radius 3 is 2.47 bits per heavy atom. The van der Waals surface area contributed by atoms with Gasteiger partial charge in [0.1, 0.15) is 5.84 Å². The standard InChI is InChI=1S/C8H11N3O2.2ClH/c1-5-7(12)10-6(3-4-9-2)11-8(5)13;;/h9H,1,3-4H2,2H3,(H,10,11,12,13);2*1H. The number of halogens is 2. The highest BCUT2D eigenvalue weighted by molar-refractivity contribution is 6.27. The summed E-state index contributed by atoms with van der Waals surface area (Å²) in [5, 5.41) is 5.37. The molecule has 0 radical (unpaired) electrons. The molecule has 1 rings (SSSR count). The van der Waals surface area contributed by atoms with Gasteiger partial charge in [0.15, 0.2) is 0 Å². The third-order valence-corrected chi connectivity index (χ3v) is 1.64. The first-order valence-electron chi connectivity index (χ1n) is 3.92. The van der Waals surface area contributed by atoms with Crippen LogP contribution in [0.2, 0.25) is 0 Å². The number of hydrogen-bond donors (Lipinski definition) is 2. The second kappa shape index (κ2) is 7.39. The van der Waals surface area contributed by atoms with Crippen molar-refractivity contribution < 1.29 is 9.59 Å². The molecule has 1 heterocycles. The van der Waals surface area contributed by atoms with Crippen LogP contribution < -0.4 is 10.6 Å². The molecule has 0 bridgehead atoms. The molecule has 1 aliphatic heterocycles. The van der Waals surface area contributed by atoms with Gasteiger partial charge in [-0.1, -0.05) is 6.58 Å². The normalized spacial score (nSPS) is 14.7. The molecule has 0 aromatic rings. The van der Waals surface area contributed by atoms with Crippen LogP contribution in [0.5, 0.6) is 0 Å². The molecule has 86 valence electrons. The van der Waals surface area contributed by atoms with Gasteiger partial charge in [-0.15, -0.1) is 24.8 Å². The number of carbonyl (C=O) groups excluding carboxylic acids is 2. The fraction of sp³-hybridized carbons (Fsp3) is 0.375. The lowest BCUT2D eigenvalue weighted by Crippen LogP contribution is -2.39. The Morgan fingerprint density at radius 2 is 2.00 bits per heavy atom. The summed E-state index contributed by atoms with van der Waals surface area (Å²) in [6.45, 7) is 3.97. The van der Waals surface area contributed by atoms with Crippen LogP contribution in [0.1, 0.15) is 6.42 Å². The number of amidine groups is 1. The SMILES string of the molecule is C=C1C(=O)N=C(CCNC)NC1=O.Cl.Cl. The van der Waals surface area contributed by atoms with Crippen LogP contribution in [0.3, 0.4) is 0 Å². The summed E-state index contributed by atoms with van der Waals surface area (Å²) in [5.41, 5.74) is -0.104. The summed E-state index contributed by atoms with van der Waals surface area (Å²) in [5.74, 6) is -0.599. The maximum Gasteiger partial charge on any atom is 0.283 e.